The minimum absolute atomic E-state index is 0.236. The summed E-state index contributed by atoms with van der Waals surface area (Å²) in [6, 6.07) is 0. The molecule has 0 unspecified atom stereocenters. The average molecular weight is 214 g/mol. The van der Waals surface area contributed by atoms with Gasteiger partial charge in [0.15, 0.2) is 9.84 Å². The van der Waals surface area contributed by atoms with E-state index in [2.05, 4.69) is 0 Å². The number of rotatable bonds is 0. The lowest BCUT2D eigenvalue weighted by Gasteiger charge is -2.19. The van der Waals surface area contributed by atoms with Gasteiger partial charge in [0.1, 0.15) is 0 Å². The number of hydrogen-bond acceptors (Lipinski definition) is 2. The van der Waals surface area contributed by atoms with Gasteiger partial charge in [-0.25, -0.2) is 8.42 Å². The fourth-order valence-electron chi connectivity index (χ4n) is 2.36. The minimum atomic E-state index is -3.04. The van der Waals surface area contributed by atoms with E-state index in [1.165, 1.54) is 0 Å². The van der Waals surface area contributed by atoms with Gasteiger partial charge < -0.3 is 0 Å². The summed E-state index contributed by atoms with van der Waals surface area (Å²) in [5.41, 5.74) is 1.86. The molecule has 0 aromatic carbocycles. The zero-order valence-corrected chi connectivity index (χ0v) is 10.3. The number of allylic oxidation sites excluding steroid dienone is 3. The summed E-state index contributed by atoms with van der Waals surface area (Å²) in [5.74, 6) is 0.236. The van der Waals surface area contributed by atoms with Crippen LogP contribution < -0.4 is 0 Å². The first kappa shape index (κ1) is 11.5. The topological polar surface area (TPSA) is 34.1 Å². The normalized spacial score (nSPS) is 26.9. The molecule has 0 amide bonds. The van der Waals surface area contributed by atoms with E-state index >= 15 is 0 Å². The molecule has 0 aliphatic carbocycles. The van der Waals surface area contributed by atoms with E-state index < -0.39 is 9.84 Å². The maximum Gasteiger partial charge on any atom is 0.179 e. The largest absolute Gasteiger partial charge is 0.224 e. The highest BCUT2D eigenvalue weighted by Gasteiger charge is 2.43. The minimum Gasteiger partial charge on any atom is -0.224 e. The van der Waals surface area contributed by atoms with E-state index in [1.54, 1.807) is 13.0 Å². The molecule has 80 valence electrons. The third kappa shape index (κ3) is 1.65. The van der Waals surface area contributed by atoms with Gasteiger partial charge in [-0.1, -0.05) is 25.5 Å². The molecule has 0 spiro atoms. The van der Waals surface area contributed by atoms with Gasteiger partial charge in [0.25, 0.3) is 0 Å². The van der Waals surface area contributed by atoms with E-state index in [1.807, 2.05) is 27.7 Å². The van der Waals surface area contributed by atoms with E-state index in [9.17, 15) is 8.42 Å². The van der Waals surface area contributed by atoms with Crippen molar-refractivity contribution in [2.75, 3.05) is 5.75 Å². The van der Waals surface area contributed by atoms with Crippen LogP contribution in [0.15, 0.2) is 22.1 Å². The molecule has 1 aliphatic heterocycles. The molecule has 1 fully saturated rings. The van der Waals surface area contributed by atoms with Crippen LogP contribution in [0.25, 0.3) is 0 Å². The highest BCUT2D eigenvalue weighted by atomic mass is 32.2. The summed E-state index contributed by atoms with van der Waals surface area (Å²) in [5, 5.41) is 0. The Morgan fingerprint density at radius 3 is 2.14 bits per heavy atom. The van der Waals surface area contributed by atoms with E-state index in [-0.39, 0.29) is 11.2 Å². The van der Waals surface area contributed by atoms with Gasteiger partial charge in [-0.2, -0.15) is 0 Å². The Kier molecular flexibility index (Phi) is 2.65. The molecule has 0 N–H and O–H groups in total. The fraction of sp³-hybridized carbons (Fsp3) is 0.636. The van der Waals surface area contributed by atoms with Gasteiger partial charge in [-0.15, -0.1) is 0 Å². The van der Waals surface area contributed by atoms with Gasteiger partial charge in [0, 0.05) is 5.41 Å². The predicted octanol–water partition coefficient (Wildman–Crippen LogP) is 2.68. The Morgan fingerprint density at radius 2 is 1.86 bits per heavy atom. The maximum absolute atomic E-state index is 11.8. The van der Waals surface area contributed by atoms with Crippen molar-refractivity contribution in [3.63, 3.8) is 0 Å². The van der Waals surface area contributed by atoms with Crippen LogP contribution in [-0.2, 0) is 9.84 Å². The lowest BCUT2D eigenvalue weighted by molar-refractivity contribution is 0.520. The molecule has 0 aromatic heterocycles. The summed E-state index contributed by atoms with van der Waals surface area (Å²) in [7, 11) is -3.04. The molecule has 0 aromatic rings. The fourth-order valence-corrected chi connectivity index (χ4v) is 4.76. The van der Waals surface area contributed by atoms with Gasteiger partial charge in [-0.05, 0) is 26.3 Å². The van der Waals surface area contributed by atoms with Gasteiger partial charge >= 0.3 is 0 Å². The zero-order chi connectivity index (χ0) is 11.1. The van der Waals surface area contributed by atoms with Crippen LogP contribution in [0.3, 0.4) is 0 Å². The van der Waals surface area contributed by atoms with Crippen LogP contribution in [0.5, 0.6) is 0 Å². The highest BCUT2D eigenvalue weighted by Crippen LogP contribution is 2.45. The van der Waals surface area contributed by atoms with E-state index in [0.29, 0.717) is 4.91 Å². The molecule has 0 atom stereocenters. The quantitative estimate of drug-likeness (QED) is 0.621. The summed E-state index contributed by atoms with van der Waals surface area (Å²) in [6.07, 6.45) is 1.71. The smallest absolute Gasteiger partial charge is 0.179 e. The van der Waals surface area contributed by atoms with Crippen molar-refractivity contribution in [1.29, 1.82) is 0 Å². The summed E-state index contributed by atoms with van der Waals surface area (Å²) >= 11 is 0. The Bertz CT molecular complexity index is 405. The summed E-state index contributed by atoms with van der Waals surface area (Å²) in [4.78, 5) is 0.530. The summed E-state index contributed by atoms with van der Waals surface area (Å²) < 4.78 is 23.6. The Morgan fingerprint density at radius 1 is 1.36 bits per heavy atom. The molecule has 3 heteroatoms. The van der Waals surface area contributed by atoms with Crippen molar-refractivity contribution in [2.45, 2.75) is 34.6 Å². The lowest BCUT2D eigenvalue weighted by Crippen LogP contribution is -2.15. The van der Waals surface area contributed by atoms with E-state index in [0.717, 1.165) is 11.1 Å². The lowest BCUT2D eigenvalue weighted by atomic mass is 9.83. The standard InChI is InChI=1S/C11H18O2S/c1-6-9-10(8(2)3)11(4,5)7-14(9,12)13/h6H,7H2,1-5H3. The van der Waals surface area contributed by atoms with Crippen molar-refractivity contribution >= 4 is 9.84 Å². The first-order chi connectivity index (χ1) is 6.22. The molecule has 1 saturated heterocycles. The molecule has 0 saturated carbocycles. The molecule has 1 aliphatic rings. The van der Waals surface area contributed by atoms with Crippen LogP contribution in [-0.4, -0.2) is 14.2 Å². The molecule has 0 bridgehead atoms. The van der Waals surface area contributed by atoms with Crippen molar-refractivity contribution in [2.24, 2.45) is 5.41 Å². The molecule has 1 heterocycles. The van der Waals surface area contributed by atoms with Crippen molar-refractivity contribution in [1.82, 2.24) is 0 Å². The monoisotopic (exact) mass is 214 g/mol. The SMILES string of the molecule is CC=C1C(=C(C)C)C(C)(C)CS1(=O)=O. The Balaban J connectivity index is 3.52. The second-order valence-corrected chi connectivity index (χ2v) is 6.63. The first-order valence-corrected chi connectivity index (χ1v) is 6.45. The van der Waals surface area contributed by atoms with Gasteiger partial charge in [-0.3, -0.25) is 0 Å². The van der Waals surface area contributed by atoms with Crippen LogP contribution >= 0.6 is 0 Å². The van der Waals surface area contributed by atoms with Gasteiger partial charge in [0.05, 0.1) is 10.7 Å². The zero-order valence-electron chi connectivity index (χ0n) is 9.51. The van der Waals surface area contributed by atoms with E-state index in [4.69, 9.17) is 0 Å². The van der Waals surface area contributed by atoms with Crippen LogP contribution in [0.2, 0.25) is 0 Å². The Labute approximate surface area is 86.6 Å². The van der Waals surface area contributed by atoms with Crippen molar-refractivity contribution in [3.05, 3.63) is 22.1 Å². The third-order valence-electron chi connectivity index (χ3n) is 2.57. The highest BCUT2D eigenvalue weighted by molar-refractivity contribution is 7.95. The first-order valence-electron chi connectivity index (χ1n) is 4.80. The van der Waals surface area contributed by atoms with Crippen LogP contribution in [0, 0.1) is 5.41 Å². The third-order valence-corrected chi connectivity index (χ3v) is 4.78. The molecule has 1 rings (SSSR count). The van der Waals surface area contributed by atoms with Crippen molar-refractivity contribution < 1.29 is 8.42 Å². The maximum atomic E-state index is 11.8. The molecular formula is C11H18O2S. The predicted molar refractivity (Wildman–Crippen MR) is 59.7 cm³/mol. The average Bonchev–Trinajstić information content (AvgIpc) is 2.13. The molecule has 0 radical (unpaired) electrons. The van der Waals surface area contributed by atoms with Crippen LogP contribution in [0.4, 0.5) is 0 Å². The second-order valence-electron chi connectivity index (χ2n) is 4.67. The summed E-state index contributed by atoms with van der Waals surface area (Å²) in [6.45, 7) is 9.72. The molecule has 2 nitrogen and oxygen atoms in total. The number of sulfone groups is 1. The number of hydrogen-bond donors (Lipinski definition) is 0. The van der Waals surface area contributed by atoms with Gasteiger partial charge in [0.2, 0.25) is 0 Å². The second kappa shape index (κ2) is 3.23. The van der Waals surface area contributed by atoms with Crippen molar-refractivity contribution in [3.8, 4) is 0 Å². The van der Waals surface area contributed by atoms with Crippen LogP contribution in [0.1, 0.15) is 34.6 Å². The Hall–Kier alpha value is -0.570. The molecular weight excluding hydrogens is 196 g/mol. The molecule has 14 heavy (non-hydrogen) atoms.